The highest BCUT2D eigenvalue weighted by Gasteiger charge is 2.42. The maximum Gasteiger partial charge on any atom is 0.304 e. The van der Waals surface area contributed by atoms with Crippen LogP contribution in [-0.2, 0) is 16.6 Å². The highest BCUT2D eigenvalue weighted by Crippen LogP contribution is 2.50. The molecule has 0 radical (unpaired) electrons. The number of aromatic nitrogens is 1. The number of aromatic amines is 1. The smallest absolute Gasteiger partial charge is 0.304 e. The summed E-state index contributed by atoms with van der Waals surface area (Å²) in [5.41, 5.74) is 4.53. The molecule has 2 atom stereocenters. The van der Waals surface area contributed by atoms with Gasteiger partial charge in [-0.3, -0.25) is 4.79 Å². The van der Waals surface area contributed by atoms with Crippen LogP contribution in [-0.4, -0.2) is 16.1 Å². The molecule has 1 aliphatic carbocycles. The van der Waals surface area contributed by atoms with Gasteiger partial charge in [0.15, 0.2) is 0 Å². The molecule has 126 valence electrons. The quantitative estimate of drug-likeness (QED) is 0.780. The van der Waals surface area contributed by atoms with Crippen LogP contribution in [0.15, 0.2) is 18.2 Å². The van der Waals surface area contributed by atoms with E-state index in [0.29, 0.717) is 12.3 Å². The molecule has 0 amide bonds. The number of carbonyl (C=O) groups is 1. The molecule has 0 aliphatic heterocycles. The van der Waals surface area contributed by atoms with Crippen LogP contribution in [0.1, 0.15) is 68.7 Å². The summed E-state index contributed by atoms with van der Waals surface area (Å²) in [4.78, 5) is 15.2. The lowest BCUT2D eigenvalue weighted by Gasteiger charge is -2.38. The summed E-state index contributed by atoms with van der Waals surface area (Å²) < 4.78 is 0. The Hall–Kier alpha value is -2.21. The monoisotopic (exact) mass is 323 g/mol. The molecule has 2 N–H and O–H groups in total. The molecular weight excluding hydrogens is 298 g/mol. The number of rotatable bonds is 5. The van der Waals surface area contributed by atoms with Gasteiger partial charge in [0.05, 0.1) is 6.42 Å². The Morgan fingerprint density at radius 1 is 1.46 bits per heavy atom. The van der Waals surface area contributed by atoms with Crippen molar-refractivity contribution >= 4 is 16.9 Å². The number of terminal acetylenes is 1. The molecule has 1 heterocycles. The molecule has 0 saturated heterocycles. The maximum absolute atomic E-state index is 11.5. The van der Waals surface area contributed by atoms with E-state index in [0.717, 1.165) is 36.9 Å². The van der Waals surface area contributed by atoms with Crippen LogP contribution in [0, 0.1) is 12.3 Å². The minimum atomic E-state index is -0.729. The van der Waals surface area contributed by atoms with Crippen LogP contribution < -0.4 is 0 Å². The number of benzene rings is 1. The summed E-state index contributed by atoms with van der Waals surface area (Å²) in [6.07, 6.45) is 10.1. The second kappa shape index (κ2) is 6.36. The van der Waals surface area contributed by atoms with Gasteiger partial charge in [-0.1, -0.05) is 32.0 Å². The Bertz CT molecular complexity index is 811. The summed E-state index contributed by atoms with van der Waals surface area (Å²) in [6.45, 7) is 4.25. The maximum atomic E-state index is 11.5. The number of hydrogen-bond donors (Lipinski definition) is 2. The first-order valence-electron chi connectivity index (χ1n) is 8.85. The number of nitrogens with one attached hydrogen (secondary N) is 1. The first-order chi connectivity index (χ1) is 11.6. The molecule has 2 aromatic rings. The van der Waals surface area contributed by atoms with Crippen LogP contribution in [0.4, 0.5) is 0 Å². The van der Waals surface area contributed by atoms with E-state index in [9.17, 15) is 9.90 Å². The third kappa shape index (κ3) is 2.51. The van der Waals surface area contributed by atoms with E-state index < -0.39 is 5.97 Å². The van der Waals surface area contributed by atoms with Gasteiger partial charge in [0.1, 0.15) is 0 Å². The Labute approximate surface area is 143 Å². The largest absolute Gasteiger partial charge is 0.481 e. The van der Waals surface area contributed by atoms with E-state index in [4.69, 9.17) is 6.42 Å². The second-order valence-corrected chi connectivity index (χ2v) is 6.96. The Balaban J connectivity index is 2.29. The van der Waals surface area contributed by atoms with Crippen LogP contribution in [0.3, 0.4) is 0 Å². The average molecular weight is 323 g/mol. The van der Waals surface area contributed by atoms with E-state index in [1.54, 1.807) is 0 Å². The van der Waals surface area contributed by atoms with Crippen molar-refractivity contribution < 1.29 is 9.90 Å². The average Bonchev–Trinajstić information content (AvgIpc) is 2.97. The number of para-hydroxylation sites is 1. The minimum Gasteiger partial charge on any atom is -0.481 e. The zero-order valence-corrected chi connectivity index (χ0v) is 14.5. The molecule has 0 spiro atoms. The van der Waals surface area contributed by atoms with E-state index in [2.05, 4.69) is 43.0 Å². The fourth-order valence-electron chi connectivity index (χ4n) is 4.45. The Morgan fingerprint density at radius 2 is 2.25 bits per heavy atom. The molecule has 2 unspecified atom stereocenters. The predicted octanol–water partition coefficient (Wildman–Crippen LogP) is 4.75. The second-order valence-electron chi connectivity index (χ2n) is 6.96. The van der Waals surface area contributed by atoms with Crippen molar-refractivity contribution in [3.05, 3.63) is 35.0 Å². The molecule has 24 heavy (non-hydrogen) atoms. The minimum absolute atomic E-state index is 0.174. The number of hydrogen-bond acceptors (Lipinski definition) is 1. The lowest BCUT2D eigenvalue weighted by atomic mass is 9.65. The number of carboxylic acid groups (broad SMARTS) is 1. The normalized spacial score (nSPS) is 23.0. The van der Waals surface area contributed by atoms with E-state index in [1.165, 1.54) is 16.5 Å². The van der Waals surface area contributed by atoms with Gasteiger partial charge in [-0.2, -0.15) is 0 Å². The topological polar surface area (TPSA) is 53.1 Å². The van der Waals surface area contributed by atoms with Gasteiger partial charge >= 0.3 is 5.97 Å². The van der Waals surface area contributed by atoms with Gasteiger partial charge in [-0.15, -0.1) is 12.3 Å². The van der Waals surface area contributed by atoms with Crippen molar-refractivity contribution in [3.8, 4) is 12.3 Å². The van der Waals surface area contributed by atoms with Gasteiger partial charge in [-0.05, 0) is 42.7 Å². The molecule has 0 fully saturated rings. The molecule has 1 aromatic carbocycles. The molecule has 3 nitrogen and oxygen atoms in total. The first-order valence-corrected chi connectivity index (χ1v) is 8.85. The summed E-state index contributed by atoms with van der Waals surface area (Å²) in [6, 6.07) is 6.40. The Morgan fingerprint density at radius 3 is 2.88 bits per heavy atom. The van der Waals surface area contributed by atoms with Crippen LogP contribution >= 0.6 is 0 Å². The van der Waals surface area contributed by atoms with Crippen molar-refractivity contribution in [2.45, 2.75) is 63.7 Å². The van der Waals surface area contributed by atoms with Crippen molar-refractivity contribution in [3.63, 3.8) is 0 Å². The molecule has 0 saturated carbocycles. The summed E-state index contributed by atoms with van der Waals surface area (Å²) in [5, 5.41) is 10.7. The number of aliphatic carboxylic acids is 1. The fraction of sp³-hybridized carbons (Fsp3) is 0.476. The van der Waals surface area contributed by atoms with E-state index in [1.807, 2.05) is 0 Å². The van der Waals surface area contributed by atoms with Crippen molar-refractivity contribution in [1.82, 2.24) is 4.98 Å². The molecule has 1 aliphatic rings. The molecule has 0 bridgehead atoms. The highest BCUT2D eigenvalue weighted by atomic mass is 16.4. The first kappa shape index (κ1) is 16.6. The Kier molecular flexibility index (Phi) is 4.41. The fourth-order valence-corrected chi connectivity index (χ4v) is 4.45. The molecule has 3 rings (SSSR count). The van der Waals surface area contributed by atoms with E-state index >= 15 is 0 Å². The van der Waals surface area contributed by atoms with Crippen LogP contribution in [0.25, 0.3) is 10.9 Å². The predicted molar refractivity (Wildman–Crippen MR) is 97.3 cm³/mol. The van der Waals surface area contributed by atoms with Crippen LogP contribution in [0.5, 0.6) is 0 Å². The molecule has 3 heteroatoms. The lowest BCUT2D eigenvalue weighted by Crippen LogP contribution is -2.34. The molecule has 1 aromatic heterocycles. The van der Waals surface area contributed by atoms with Gasteiger partial charge in [-0.25, -0.2) is 0 Å². The van der Waals surface area contributed by atoms with Crippen molar-refractivity contribution in [2.75, 3.05) is 0 Å². The standard InChI is InChI=1S/C21H25NO2/c1-4-8-15-11-12-21(6-3,13-17(23)24)20-18(15)16-10-7-9-14(5-2)19(16)22-20/h1,7,9-10,15,22H,5-6,8,11-13H2,2-3H3,(H,23,24). The number of H-pyrrole nitrogens is 1. The zero-order valence-electron chi connectivity index (χ0n) is 14.5. The lowest BCUT2D eigenvalue weighted by molar-refractivity contribution is -0.138. The SMILES string of the molecule is C#CCC1CCC(CC)(CC(=O)O)c2[nH]c3c(CC)cccc3c21. The number of aryl methyl sites for hydroxylation is 1. The summed E-state index contributed by atoms with van der Waals surface area (Å²) in [5.74, 6) is 2.41. The third-order valence-corrected chi connectivity index (χ3v) is 5.78. The zero-order chi connectivity index (χ0) is 17.3. The van der Waals surface area contributed by atoms with Crippen molar-refractivity contribution in [1.29, 1.82) is 0 Å². The van der Waals surface area contributed by atoms with Gasteiger partial charge in [0.25, 0.3) is 0 Å². The highest BCUT2D eigenvalue weighted by molar-refractivity contribution is 5.89. The summed E-state index contributed by atoms with van der Waals surface area (Å²) in [7, 11) is 0. The number of fused-ring (bicyclic) bond motifs is 3. The number of carboxylic acids is 1. The van der Waals surface area contributed by atoms with Gasteiger partial charge in [0.2, 0.25) is 0 Å². The van der Waals surface area contributed by atoms with E-state index in [-0.39, 0.29) is 11.8 Å². The third-order valence-electron chi connectivity index (χ3n) is 5.78. The summed E-state index contributed by atoms with van der Waals surface area (Å²) >= 11 is 0. The van der Waals surface area contributed by atoms with Gasteiger partial charge in [0, 0.05) is 28.4 Å². The van der Waals surface area contributed by atoms with Crippen molar-refractivity contribution in [2.24, 2.45) is 0 Å². The van der Waals surface area contributed by atoms with Gasteiger partial charge < -0.3 is 10.1 Å². The van der Waals surface area contributed by atoms with Crippen LogP contribution in [0.2, 0.25) is 0 Å². The molecular formula is C21H25NO2.